The van der Waals surface area contributed by atoms with Crippen LogP contribution in [-0.4, -0.2) is 25.7 Å². The summed E-state index contributed by atoms with van der Waals surface area (Å²) in [7, 11) is 0. The Morgan fingerprint density at radius 3 is 1.56 bits per heavy atom. The molecule has 4 nitrogen and oxygen atoms in total. The maximum absolute atomic E-state index is 11.6. The summed E-state index contributed by atoms with van der Waals surface area (Å²) < 4.78 is 0. The standard InChI is InChI=1S/C21H45N3O/c1-2-3-4-5-6-7-8-9-10-11-12-13-14-15-16-17-21(25)24-19-18-23-20-22/h23H,2-20,22H2,1H3,(H,24,25). The van der Waals surface area contributed by atoms with Crippen LogP contribution in [0.3, 0.4) is 0 Å². The lowest BCUT2D eigenvalue weighted by Crippen LogP contribution is -2.33. The molecule has 1 amide bonds. The lowest BCUT2D eigenvalue weighted by Gasteiger charge is -2.05. The molecule has 0 rings (SSSR count). The van der Waals surface area contributed by atoms with Gasteiger partial charge in [-0.05, 0) is 6.42 Å². The Hall–Kier alpha value is -0.610. The predicted molar refractivity (Wildman–Crippen MR) is 110 cm³/mol. The largest absolute Gasteiger partial charge is 0.355 e. The van der Waals surface area contributed by atoms with Gasteiger partial charge < -0.3 is 16.4 Å². The normalized spacial score (nSPS) is 11.0. The van der Waals surface area contributed by atoms with Crippen LogP contribution in [0.4, 0.5) is 0 Å². The van der Waals surface area contributed by atoms with Gasteiger partial charge in [0, 0.05) is 26.2 Å². The summed E-state index contributed by atoms with van der Waals surface area (Å²) in [6.45, 7) is 4.17. The first-order valence-electron chi connectivity index (χ1n) is 11.0. The fourth-order valence-electron chi connectivity index (χ4n) is 3.14. The second-order valence-corrected chi connectivity index (χ2v) is 7.25. The fourth-order valence-corrected chi connectivity index (χ4v) is 3.14. The number of amides is 1. The van der Waals surface area contributed by atoms with Crippen molar-refractivity contribution in [3.8, 4) is 0 Å². The summed E-state index contributed by atoms with van der Waals surface area (Å²) in [5.41, 5.74) is 5.32. The van der Waals surface area contributed by atoms with Gasteiger partial charge in [-0.2, -0.15) is 0 Å². The molecule has 0 saturated carbocycles. The van der Waals surface area contributed by atoms with E-state index in [1.54, 1.807) is 0 Å². The van der Waals surface area contributed by atoms with E-state index in [2.05, 4.69) is 17.6 Å². The van der Waals surface area contributed by atoms with Gasteiger partial charge in [0.05, 0.1) is 0 Å². The van der Waals surface area contributed by atoms with Crippen LogP contribution >= 0.6 is 0 Å². The van der Waals surface area contributed by atoms with Crippen LogP contribution in [-0.2, 0) is 4.79 Å². The Bertz CT molecular complexity index is 272. The Morgan fingerprint density at radius 1 is 0.680 bits per heavy atom. The minimum atomic E-state index is 0.175. The molecule has 0 bridgehead atoms. The molecule has 0 unspecified atom stereocenters. The fraction of sp³-hybridized carbons (Fsp3) is 0.952. The molecule has 4 N–H and O–H groups in total. The van der Waals surface area contributed by atoms with Crippen LogP contribution < -0.4 is 16.4 Å². The molecule has 0 aromatic rings. The highest BCUT2D eigenvalue weighted by Crippen LogP contribution is 2.13. The molecule has 150 valence electrons. The number of nitrogens with one attached hydrogen (secondary N) is 2. The van der Waals surface area contributed by atoms with E-state index < -0.39 is 0 Å². The number of carbonyl (C=O) groups is 1. The first kappa shape index (κ1) is 24.4. The van der Waals surface area contributed by atoms with Gasteiger partial charge in [0.15, 0.2) is 0 Å². The molecule has 0 heterocycles. The zero-order valence-electron chi connectivity index (χ0n) is 16.9. The van der Waals surface area contributed by atoms with Gasteiger partial charge >= 0.3 is 0 Å². The van der Waals surface area contributed by atoms with Crippen molar-refractivity contribution in [1.29, 1.82) is 0 Å². The quantitative estimate of drug-likeness (QED) is 0.216. The predicted octanol–water partition coefficient (Wildman–Crippen LogP) is 4.87. The Labute approximate surface area is 157 Å². The molecule has 0 saturated heterocycles. The van der Waals surface area contributed by atoms with Crippen LogP contribution in [0.5, 0.6) is 0 Å². The lowest BCUT2D eigenvalue weighted by atomic mass is 10.0. The van der Waals surface area contributed by atoms with Gasteiger partial charge in [0.2, 0.25) is 5.91 Å². The number of hydrogen-bond donors (Lipinski definition) is 3. The van der Waals surface area contributed by atoms with Gasteiger partial charge in [0.25, 0.3) is 0 Å². The second kappa shape index (κ2) is 21.4. The van der Waals surface area contributed by atoms with Gasteiger partial charge in [-0.3, -0.25) is 4.79 Å². The van der Waals surface area contributed by atoms with Crippen molar-refractivity contribution in [3.05, 3.63) is 0 Å². The van der Waals surface area contributed by atoms with Crippen molar-refractivity contribution in [3.63, 3.8) is 0 Å². The topological polar surface area (TPSA) is 67.2 Å². The van der Waals surface area contributed by atoms with E-state index in [1.807, 2.05) is 0 Å². The maximum atomic E-state index is 11.6. The van der Waals surface area contributed by atoms with E-state index >= 15 is 0 Å². The number of unbranched alkanes of at least 4 members (excludes halogenated alkanes) is 14. The summed E-state index contributed by atoms with van der Waals surface area (Å²) in [6, 6.07) is 0. The van der Waals surface area contributed by atoms with Crippen molar-refractivity contribution in [1.82, 2.24) is 10.6 Å². The highest BCUT2D eigenvalue weighted by molar-refractivity contribution is 5.75. The Balaban J connectivity index is 3.08. The highest BCUT2D eigenvalue weighted by Gasteiger charge is 2.00. The number of rotatable bonds is 20. The van der Waals surface area contributed by atoms with E-state index in [9.17, 15) is 4.79 Å². The van der Waals surface area contributed by atoms with Crippen LogP contribution in [0.25, 0.3) is 0 Å². The molecule has 0 spiro atoms. The van der Waals surface area contributed by atoms with Crippen LogP contribution in [0, 0.1) is 0 Å². The molecule has 0 aliphatic heterocycles. The molecule has 0 aliphatic rings. The van der Waals surface area contributed by atoms with Crippen LogP contribution in [0.15, 0.2) is 0 Å². The minimum Gasteiger partial charge on any atom is -0.355 e. The zero-order valence-corrected chi connectivity index (χ0v) is 16.9. The molecular formula is C21H45N3O. The molecular weight excluding hydrogens is 310 g/mol. The van der Waals surface area contributed by atoms with Gasteiger partial charge in [-0.15, -0.1) is 0 Å². The summed E-state index contributed by atoms with van der Waals surface area (Å²) in [5.74, 6) is 0.175. The van der Waals surface area contributed by atoms with E-state index in [1.165, 1.54) is 89.9 Å². The lowest BCUT2D eigenvalue weighted by molar-refractivity contribution is -0.121. The van der Waals surface area contributed by atoms with E-state index in [0.29, 0.717) is 19.6 Å². The minimum absolute atomic E-state index is 0.175. The SMILES string of the molecule is CCCCCCCCCCCCCCCCCC(=O)NCCNCN. The van der Waals surface area contributed by atoms with E-state index in [4.69, 9.17) is 5.73 Å². The van der Waals surface area contributed by atoms with Gasteiger partial charge in [-0.25, -0.2) is 0 Å². The molecule has 0 aromatic heterocycles. The average molecular weight is 356 g/mol. The third kappa shape index (κ3) is 21.3. The maximum Gasteiger partial charge on any atom is 0.220 e. The molecule has 0 fully saturated rings. The van der Waals surface area contributed by atoms with Crippen LogP contribution in [0.2, 0.25) is 0 Å². The first-order valence-corrected chi connectivity index (χ1v) is 11.0. The van der Waals surface area contributed by atoms with Crippen molar-refractivity contribution in [2.45, 2.75) is 110 Å². The van der Waals surface area contributed by atoms with E-state index in [-0.39, 0.29) is 5.91 Å². The molecule has 0 atom stereocenters. The highest BCUT2D eigenvalue weighted by atomic mass is 16.1. The monoisotopic (exact) mass is 355 g/mol. The molecule has 25 heavy (non-hydrogen) atoms. The summed E-state index contributed by atoms with van der Waals surface area (Å²) in [5, 5.41) is 5.90. The molecule has 0 radical (unpaired) electrons. The number of hydrogen-bond acceptors (Lipinski definition) is 3. The molecule has 0 aromatic carbocycles. The molecule has 0 aliphatic carbocycles. The number of nitrogens with two attached hydrogens (primary N) is 1. The van der Waals surface area contributed by atoms with Gasteiger partial charge in [0.1, 0.15) is 0 Å². The van der Waals surface area contributed by atoms with Gasteiger partial charge in [-0.1, -0.05) is 96.8 Å². The average Bonchev–Trinajstić information content (AvgIpc) is 2.62. The second-order valence-electron chi connectivity index (χ2n) is 7.25. The summed E-state index contributed by atoms with van der Waals surface area (Å²) in [4.78, 5) is 11.6. The van der Waals surface area contributed by atoms with Crippen molar-refractivity contribution in [2.24, 2.45) is 5.73 Å². The van der Waals surface area contributed by atoms with Crippen molar-refractivity contribution >= 4 is 5.91 Å². The smallest absolute Gasteiger partial charge is 0.220 e. The van der Waals surface area contributed by atoms with Crippen LogP contribution in [0.1, 0.15) is 110 Å². The summed E-state index contributed by atoms with van der Waals surface area (Å²) >= 11 is 0. The first-order chi connectivity index (χ1) is 12.3. The Kier molecular flexibility index (Phi) is 20.9. The Morgan fingerprint density at radius 2 is 1.12 bits per heavy atom. The summed E-state index contributed by atoms with van der Waals surface area (Å²) in [6.07, 6.45) is 21.0. The third-order valence-corrected chi connectivity index (χ3v) is 4.78. The molecule has 4 heteroatoms. The third-order valence-electron chi connectivity index (χ3n) is 4.78. The zero-order chi connectivity index (χ0) is 18.4. The van der Waals surface area contributed by atoms with Crippen molar-refractivity contribution < 1.29 is 4.79 Å². The van der Waals surface area contributed by atoms with Crippen molar-refractivity contribution in [2.75, 3.05) is 19.8 Å². The van der Waals surface area contributed by atoms with E-state index in [0.717, 1.165) is 13.0 Å². The number of carbonyl (C=O) groups excluding carboxylic acids is 1.